The third-order valence-electron chi connectivity index (χ3n) is 3.65. The van der Waals surface area contributed by atoms with Crippen LogP contribution in [-0.2, 0) is 27.8 Å². The summed E-state index contributed by atoms with van der Waals surface area (Å²) in [5.41, 5.74) is 0. The third-order valence-corrected chi connectivity index (χ3v) is 4.86. The molecular weight excluding hydrogens is 377 g/mol. The SMILES string of the molecule is [2H]OC[C@@H]1O[C@H](COPI)[C@H](C)[C@H](C)[C@H]1C.[V]. The van der Waals surface area contributed by atoms with Gasteiger partial charge in [-0.15, -0.1) is 0 Å². The number of rotatable bonds is 5. The molecule has 0 aliphatic carbocycles. The molecule has 1 unspecified atom stereocenters. The van der Waals surface area contributed by atoms with E-state index in [1.165, 1.54) is 0 Å². The number of aliphatic hydroxyl groups excluding tert-OH is 1. The molecule has 0 aromatic carbocycles. The van der Waals surface area contributed by atoms with Crippen LogP contribution in [-0.4, -0.2) is 32.0 Å². The maximum atomic E-state index is 6.84. The van der Waals surface area contributed by atoms with Crippen molar-refractivity contribution in [2.75, 3.05) is 13.2 Å². The van der Waals surface area contributed by atoms with Gasteiger partial charge in [0.15, 0.2) is 0 Å². The van der Waals surface area contributed by atoms with E-state index in [-0.39, 0.29) is 30.8 Å². The van der Waals surface area contributed by atoms with E-state index >= 15 is 0 Å². The van der Waals surface area contributed by atoms with Crippen molar-refractivity contribution >= 4 is 28.5 Å². The Bertz CT molecular complexity index is 214. The van der Waals surface area contributed by atoms with Crippen molar-refractivity contribution in [3.8, 4) is 0 Å². The molecule has 0 bridgehead atoms. The molecule has 16 heavy (non-hydrogen) atoms. The molecule has 1 aliphatic heterocycles. The molecule has 1 N–H and O–H groups in total. The topological polar surface area (TPSA) is 38.7 Å². The molecule has 6 heteroatoms. The Balaban J connectivity index is 0.00000256. The predicted octanol–water partition coefficient (Wildman–Crippen LogP) is 2.61. The zero-order chi connectivity index (χ0) is 12.1. The number of aliphatic hydroxyl groups is 1. The Morgan fingerprint density at radius 1 is 1.31 bits per heavy atom. The van der Waals surface area contributed by atoms with Crippen LogP contribution in [0.4, 0.5) is 0 Å². The van der Waals surface area contributed by atoms with E-state index in [0.717, 1.165) is 0 Å². The van der Waals surface area contributed by atoms with Crippen molar-refractivity contribution in [3.63, 3.8) is 0 Å². The maximum absolute atomic E-state index is 6.84. The minimum Gasteiger partial charge on any atom is -0.394 e. The first-order valence-electron chi connectivity index (χ1n) is 5.73. The predicted molar refractivity (Wildman–Crippen MR) is 71.5 cm³/mol. The molecule has 1 rings (SSSR count). The van der Waals surface area contributed by atoms with Gasteiger partial charge in [0.25, 0.3) is 0 Å². The summed E-state index contributed by atoms with van der Waals surface area (Å²) in [6.45, 7) is 8.09. The fraction of sp³-hybridized carbons (Fsp3) is 1.00. The second kappa shape index (κ2) is 8.68. The van der Waals surface area contributed by atoms with Gasteiger partial charge in [0.1, 0.15) is 0 Å². The van der Waals surface area contributed by atoms with Gasteiger partial charge in [-0.25, -0.2) is 0 Å². The fourth-order valence-electron chi connectivity index (χ4n) is 2.12. The largest absolute Gasteiger partial charge is 0.394 e. The summed E-state index contributed by atoms with van der Waals surface area (Å²) in [5, 5.41) is 4.47. The van der Waals surface area contributed by atoms with Crippen molar-refractivity contribution in [2.45, 2.75) is 33.0 Å². The minimum atomic E-state index is 0. The van der Waals surface area contributed by atoms with Gasteiger partial charge >= 0.3 is 0 Å². The molecule has 1 aliphatic rings. The summed E-state index contributed by atoms with van der Waals surface area (Å²) in [4.78, 5) is 0. The average Bonchev–Trinajstić information content (AvgIpc) is 2.28. The van der Waals surface area contributed by atoms with Crippen LogP contribution in [0.25, 0.3) is 0 Å². The standard InChI is InChI=1S/C10H20IO3P.V/c1-6-7(2)9(4-12)14-10(8(6)3)5-13-15-11;/h6-10,12,15H,4-5H2,1-3H3;/t6-,7-,8-,9+,10-;/m1./s1/i12D;. The van der Waals surface area contributed by atoms with Crippen molar-refractivity contribution < 1.29 is 32.9 Å². The number of hydrogen-bond donors (Lipinski definition) is 1. The van der Waals surface area contributed by atoms with E-state index in [4.69, 9.17) is 10.7 Å². The summed E-state index contributed by atoms with van der Waals surface area (Å²) >= 11 is 2.22. The van der Waals surface area contributed by atoms with Crippen molar-refractivity contribution in [1.29, 1.82) is 1.43 Å². The first-order valence-corrected chi connectivity index (χ1v) is 9.35. The second-order valence-electron chi connectivity index (χ2n) is 4.35. The Hall–Kier alpha value is 1.62. The normalized spacial score (nSPS) is 40.8. The van der Waals surface area contributed by atoms with Gasteiger partial charge in [0, 0.05) is 18.6 Å². The summed E-state index contributed by atoms with van der Waals surface area (Å²) in [6.07, 6.45) is 0.156. The molecule has 1 radical (unpaired) electrons. The summed E-state index contributed by atoms with van der Waals surface area (Å²) in [6, 6.07) is 0. The van der Waals surface area contributed by atoms with Gasteiger partial charge in [-0.2, -0.15) is 0 Å². The second-order valence-corrected chi connectivity index (χ2v) is 6.11. The van der Waals surface area contributed by atoms with E-state index in [2.05, 4.69) is 47.9 Å². The molecule has 0 aromatic heterocycles. The molecule has 1 fully saturated rings. The summed E-state index contributed by atoms with van der Waals surface area (Å²) in [5.74, 6) is 1.49. The maximum Gasteiger partial charge on any atom is 0.210 e. The van der Waals surface area contributed by atoms with Gasteiger partial charge < -0.3 is 14.4 Å². The van der Waals surface area contributed by atoms with E-state index in [1.54, 1.807) is 0 Å². The van der Waals surface area contributed by atoms with Gasteiger partial charge in [0.2, 0.25) is 1.43 Å². The van der Waals surface area contributed by atoms with Crippen LogP contribution in [0.15, 0.2) is 0 Å². The molecule has 1 saturated heterocycles. The van der Waals surface area contributed by atoms with E-state index in [9.17, 15) is 0 Å². The van der Waals surface area contributed by atoms with Crippen LogP contribution in [0.5, 0.6) is 0 Å². The molecule has 0 aromatic rings. The smallest absolute Gasteiger partial charge is 0.210 e. The zero-order valence-electron chi connectivity index (χ0n) is 10.9. The van der Waals surface area contributed by atoms with E-state index in [0.29, 0.717) is 37.4 Å². The first-order chi connectivity index (χ1) is 7.61. The average molecular weight is 398 g/mol. The molecule has 3 nitrogen and oxygen atoms in total. The van der Waals surface area contributed by atoms with Crippen molar-refractivity contribution in [3.05, 3.63) is 0 Å². The summed E-state index contributed by atoms with van der Waals surface area (Å²) < 4.78 is 18.2. The van der Waals surface area contributed by atoms with Gasteiger partial charge in [-0.05, 0) is 39.8 Å². The molecule has 0 saturated carbocycles. The van der Waals surface area contributed by atoms with Crippen LogP contribution in [0.3, 0.4) is 0 Å². The Morgan fingerprint density at radius 2 is 1.94 bits per heavy atom. The van der Waals surface area contributed by atoms with Crippen LogP contribution < -0.4 is 0 Å². The van der Waals surface area contributed by atoms with Gasteiger partial charge in [0.05, 0.1) is 31.9 Å². The molecule has 95 valence electrons. The first kappa shape index (κ1) is 15.7. The number of ether oxygens (including phenoxy) is 1. The minimum absolute atomic E-state index is 0. The molecular formula is C10H20IO3PV. The monoisotopic (exact) mass is 398 g/mol. The molecule has 0 spiro atoms. The number of hydrogen-bond acceptors (Lipinski definition) is 3. The Morgan fingerprint density at radius 3 is 2.50 bits per heavy atom. The van der Waals surface area contributed by atoms with Gasteiger partial charge in [-0.1, -0.05) is 20.8 Å². The van der Waals surface area contributed by atoms with Crippen molar-refractivity contribution in [1.82, 2.24) is 0 Å². The fourth-order valence-corrected chi connectivity index (χ4v) is 2.89. The van der Waals surface area contributed by atoms with Crippen LogP contribution in [0.1, 0.15) is 20.8 Å². The quantitative estimate of drug-likeness (QED) is 0.572. The molecule has 6 atom stereocenters. The Kier molecular flexibility index (Phi) is 8.51. The van der Waals surface area contributed by atoms with Crippen LogP contribution in [0.2, 0.25) is 0 Å². The molecule has 0 amide bonds. The molecule has 1 heterocycles. The number of halogens is 1. The van der Waals surface area contributed by atoms with Crippen LogP contribution in [0, 0.1) is 17.8 Å². The third kappa shape index (κ3) is 4.38. The van der Waals surface area contributed by atoms with Crippen molar-refractivity contribution in [2.24, 2.45) is 17.8 Å². The van der Waals surface area contributed by atoms with Gasteiger partial charge in [-0.3, -0.25) is 0 Å². The van der Waals surface area contributed by atoms with E-state index < -0.39 is 0 Å². The summed E-state index contributed by atoms with van der Waals surface area (Å²) in [7, 11) is 0. The van der Waals surface area contributed by atoms with E-state index in [1.807, 2.05) is 0 Å². The Labute approximate surface area is 126 Å². The van der Waals surface area contributed by atoms with Crippen LogP contribution >= 0.6 is 28.5 Å². The zero-order valence-corrected chi connectivity index (χ0v) is 14.4.